The lowest BCUT2D eigenvalue weighted by atomic mass is 9.82. The second-order valence-electron chi connectivity index (χ2n) is 11.5. The summed E-state index contributed by atoms with van der Waals surface area (Å²) in [6, 6.07) is 41.2. The van der Waals surface area contributed by atoms with Crippen molar-refractivity contribution in [3.8, 4) is 39.9 Å². The van der Waals surface area contributed by atoms with Crippen LogP contribution in [-0.4, -0.2) is 29.5 Å². The lowest BCUT2D eigenvalue weighted by molar-refractivity contribution is 0.636. The number of hydrogen-bond donors (Lipinski definition) is 0. The van der Waals surface area contributed by atoms with Gasteiger partial charge in [-0.15, -0.1) is 0 Å². The third-order valence-corrected chi connectivity index (χ3v) is 8.46. The minimum absolute atomic E-state index is 0.119. The van der Waals surface area contributed by atoms with E-state index in [0.717, 1.165) is 44.8 Å². The Morgan fingerprint density at radius 1 is 0.609 bits per heavy atom. The van der Waals surface area contributed by atoms with E-state index >= 15 is 0 Å². The van der Waals surface area contributed by atoms with Crippen molar-refractivity contribution in [3.05, 3.63) is 163 Å². The van der Waals surface area contributed by atoms with Gasteiger partial charge in [0.2, 0.25) is 0 Å². The largest absolute Gasteiger partial charge is 0.292 e. The summed E-state index contributed by atoms with van der Waals surface area (Å²) in [5, 5.41) is 0. The van der Waals surface area contributed by atoms with E-state index in [-0.39, 0.29) is 11.8 Å². The van der Waals surface area contributed by atoms with Gasteiger partial charge < -0.3 is 0 Å². The molecule has 0 saturated carbocycles. The highest BCUT2D eigenvalue weighted by atomic mass is 15.1. The molecule has 0 fully saturated rings. The van der Waals surface area contributed by atoms with Gasteiger partial charge in [0.15, 0.2) is 17.5 Å². The van der Waals surface area contributed by atoms with E-state index in [4.69, 9.17) is 19.9 Å². The lowest BCUT2D eigenvalue weighted by Crippen LogP contribution is -2.11. The van der Waals surface area contributed by atoms with Crippen LogP contribution in [0, 0.1) is 5.92 Å². The van der Waals surface area contributed by atoms with E-state index in [0.29, 0.717) is 17.5 Å². The molecule has 1 aliphatic rings. The molecule has 1 aliphatic carbocycles. The van der Waals surface area contributed by atoms with Crippen molar-refractivity contribution in [3.63, 3.8) is 0 Å². The number of nitrogens with zero attached hydrogens (tertiary/aromatic N) is 6. The van der Waals surface area contributed by atoms with E-state index in [1.807, 2.05) is 79.0 Å². The monoisotopic (exact) mass is 594 g/mol. The Balaban J connectivity index is 1.23. The summed E-state index contributed by atoms with van der Waals surface area (Å²) in [7, 11) is 0. The molecule has 6 nitrogen and oxygen atoms in total. The predicted octanol–water partition coefficient (Wildman–Crippen LogP) is 8.98. The molecule has 6 heteroatoms. The average Bonchev–Trinajstić information content (AvgIpc) is 3.53. The zero-order valence-electron chi connectivity index (χ0n) is 25.3. The molecule has 0 N–H and O–H groups in total. The molecule has 2 unspecified atom stereocenters. The van der Waals surface area contributed by atoms with Crippen LogP contribution in [0.1, 0.15) is 24.2 Å². The highest BCUT2D eigenvalue weighted by molar-refractivity contribution is 5.83. The highest BCUT2D eigenvalue weighted by Gasteiger charge is 2.23. The fourth-order valence-electron chi connectivity index (χ4n) is 6.11. The van der Waals surface area contributed by atoms with Gasteiger partial charge in [-0.05, 0) is 47.9 Å². The second-order valence-corrected chi connectivity index (χ2v) is 11.5. The zero-order chi connectivity index (χ0) is 30.9. The van der Waals surface area contributed by atoms with Crippen LogP contribution in [0.15, 0.2) is 152 Å². The van der Waals surface area contributed by atoms with Crippen LogP contribution in [0.3, 0.4) is 0 Å². The molecule has 8 rings (SSSR count). The molecular weight excluding hydrogens is 564 g/mol. The Kier molecular flexibility index (Phi) is 7.08. The molecule has 3 heterocycles. The maximum Gasteiger partial charge on any atom is 0.164 e. The SMILES string of the molecule is CC1C=CC(c2nc(-c3ccccc3)nc(-c3ccccc3)n2)=CC1c1cccc(-n2c(-c3cccnc3)nc3ccccc32)c1. The van der Waals surface area contributed by atoms with Gasteiger partial charge in [-0.3, -0.25) is 9.55 Å². The molecule has 7 aromatic rings. The molecule has 2 atom stereocenters. The van der Waals surface area contributed by atoms with Crippen LogP contribution in [0.4, 0.5) is 0 Å². The van der Waals surface area contributed by atoms with Gasteiger partial charge in [-0.25, -0.2) is 19.9 Å². The summed E-state index contributed by atoms with van der Waals surface area (Å²) in [5.41, 5.74) is 8.13. The number of imidazole rings is 1. The van der Waals surface area contributed by atoms with E-state index < -0.39 is 0 Å². The molecule has 0 saturated heterocycles. The maximum absolute atomic E-state index is 5.01. The summed E-state index contributed by atoms with van der Waals surface area (Å²) in [4.78, 5) is 24.2. The van der Waals surface area contributed by atoms with Gasteiger partial charge >= 0.3 is 0 Å². The third-order valence-electron chi connectivity index (χ3n) is 8.46. The van der Waals surface area contributed by atoms with Crippen molar-refractivity contribution in [1.29, 1.82) is 0 Å². The van der Waals surface area contributed by atoms with Crippen molar-refractivity contribution in [1.82, 2.24) is 29.5 Å². The van der Waals surface area contributed by atoms with E-state index in [9.17, 15) is 0 Å². The predicted molar refractivity (Wildman–Crippen MR) is 184 cm³/mol. The first-order valence-corrected chi connectivity index (χ1v) is 15.5. The molecular formula is C40H30N6. The van der Waals surface area contributed by atoms with Crippen molar-refractivity contribution in [2.24, 2.45) is 5.92 Å². The van der Waals surface area contributed by atoms with Gasteiger partial charge in [0.25, 0.3) is 0 Å². The molecule has 0 amide bonds. The number of fused-ring (bicyclic) bond motifs is 1. The molecule has 0 spiro atoms. The lowest BCUT2D eigenvalue weighted by Gasteiger charge is -2.24. The van der Waals surface area contributed by atoms with Gasteiger partial charge in [0, 0.05) is 46.3 Å². The fourth-order valence-corrected chi connectivity index (χ4v) is 6.11. The van der Waals surface area contributed by atoms with Crippen LogP contribution in [-0.2, 0) is 0 Å². The number of hydrogen-bond acceptors (Lipinski definition) is 5. The van der Waals surface area contributed by atoms with Crippen LogP contribution in [0.2, 0.25) is 0 Å². The normalized spacial score (nSPS) is 16.0. The van der Waals surface area contributed by atoms with Crippen molar-refractivity contribution in [2.75, 3.05) is 0 Å². The van der Waals surface area contributed by atoms with Crippen LogP contribution in [0.25, 0.3) is 56.5 Å². The zero-order valence-corrected chi connectivity index (χ0v) is 25.3. The van der Waals surface area contributed by atoms with Gasteiger partial charge in [-0.2, -0.15) is 0 Å². The first kappa shape index (κ1) is 27.5. The first-order chi connectivity index (χ1) is 22.7. The number of pyridine rings is 1. The number of allylic oxidation sites excluding steroid dienone is 4. The van der Waals surface area contributed by atoms with Crippen molar-refractivity contribution in [2.45, 2.75) is 12.8 Å². The van der Waals surface area contributed by atoms with Crippen LogP contribution >= 0.6 is 0 Å². The number of rotatable bonds is 6. The smallest absolute Gasteiger partial charge is 0.164 e. The Labute approximate surface area is 267 Å². The van der Waals surface area contributed by atoms with Crippen molar-refractivity contribution >= 4 is 16.6 Å². The first-order valence-electron chi connectivity index (χ1n) is 15.5. The third kappa shape index (κ3) is 5.20. The molecule has 0 aliphatic heterocycles. The van der Waals surface area contributed by atoms with Gasteiger partial charge in [0.05, 0.1) is 11.0 Å². The molecule has 46 heavy (non-hydrogen) atoms. The fraction of sp³-hybridized carbons (Fsp3) is 0.0750. The standard InChI is InChI=1S/C40H30N6/c1-27-21-22-31(39-44-37(28-12-4-2-5-13-28)43-38(45-39)29-14-6-3-7-15-29)25-34(27)30-16-10-18-33(24-30)46-36-20-9-8-19-35(36)42-40(46)32-17-11-23-41-26-32/h2-27,34H,1H3. The summed E-state index contributed by atoms with van der Waals surface area (Å²) < 4.78 is 2.23. The molecule has 0 bridgehead atoms. The number of benzene rings is 4. The topological polar surface area (TPSA) is 69.4 Å². The van der Waals surface area contributed by atoms with E-state index in [2.05, 4.69) is 83.2 Å². The molecule has 220 valence electrons. The van der Waals surface area contributed by atoms with Gasteiger partial charge in [-0.1, -0.05) is 110 Å². The summed E-state index contributed by atoms with van der Waals surface area (Å²) in [5.74, 6) is 3.24. The molecule has 4 aromatic carbocycles. The summed E-state index contributed by atoms with van der Waals surface area (Å²) in [6.07, 6.45) is 10.4. The maximum atomic E-state index is 5.01. The minimum Gasteiger partial charge on any atom is -0.292 e. The van der Waals surface area contributed by atoms with Crippen LogP contribution < -0.4 is 0 Å². The van der Waals surface area contributed by atoms with Crippen LogP contribution in [0.5, 0.6) is 0 Å². The Hall–Kier alpha value is -6.01. The Bertz CT molecular complexity index is 2160. The van der Waals surface area contributed by atoms with Gasteiger partial charge in [0.1, 0.15) is 5.82 Å². The highest BCUT2D eigenvalue weighted by Crippen LogP contribution is 2.37. The van der Waals surface area contributed by atoms with Crippen molar-refractivity contribution < 1.29 is 0 Å². The quantitative estimate of drug-likeness (QED) is 0.192. The Morgan fingerprint density at radius 2 is 1.28 bits per heavy atom. The summed E-state index contributed by atoms with van der Waals surface area (Å²) >= 11 is 0. The molecule has 3 aromatic heterocycles. The minimum atomic E-state index is 0.119. The van der Waals surface area contributed by atoms with E-state index in [1.165, 1.54) is 5.56 Å². The summed E-state index contributed by atoms with van der Waals surface area (Å²) in [6.45, 7) is 2.26. The number of para-hydroxylation sites is 2. The average molecular weight is 595 g/mol. The molecule has 0 radical (unpaired) electrons. The number of aromatic nitrogens is 6. The van der Waals surface area contributed by atoms with E-state index in [1.54, 1.807) is 6.20 Å². The second kappa shape index (κ2) is 11.8. The Morgan fingerprint density at radius 3 is 2.00 bits per heavy atom.